The summed E-state index contributed by atoms with van der Waals surface area (Å²) in [6, 6.07) is 35.2. The number of piperidine rings is 1. The Bertz CT molecular complexity index is 2140. The van der Waals surface area contributed by atoms with Gasteiger partial charge in [-0.15, -0.1) is 34.8 Å². The molecule has 0 bridgehead atoms. The predicted octanol–water partition coefficient (Wildman–Crippen LogP) is 7.20. The van der Waals surface area contributed by atoms with Crippen molar-refractivity contribution in [1.82, 2.24) is 4.90 Å². The normalized spacial score (nSPS) is 32.4. The SMILES string of the molecule is COC(=O)[C@@]12[C@H]3C(=O)N(c4ccccc4)C(=O)[C@H]3[C@H]3[C@H](I)[C@@H](c4ccccc4)[C@@H]([C@@H](Cl)c4ccccc4)[C@H]([C@@H]4C(=O)N(c5ccccc5)C(=O)[C@@H]41)N32.ClCCl. The Labute approximate surface area is 347 Å². The van der Waals surface area contributed by atoms with Gasteiger partial charge in [-0.25, -0.2) is 14.6 Å². The van der Waals surface area contributed by atoms with E-state index in [2.05, 4.69) is 22.6 Å². The number of amides is 4. The van der Waals surface area contributed by atoms with Crippen LogP contribution in [0.5, 0.6) is 0 Å². The number of carbonyl (C=O) groups is 5. The highest BCUT2D eigenvalue weighted by molar-refractivity contribution is 14.1. The number of fused-ring (bicyclic) bond motifs is 6. The summed E-state index contributed by atoms with van der Waals surface area (Å²) < 4.78 is 5.23. The lowest BCUT2D eigenvalue weighted by Gasteiger charge is -2.53. The first-order valence-corrected chi connectivity index (χ1v) is 20.6. The van der Waals surface area contributed by atoms with Crippen molar-refractivity contribution in [2.45, 2.75) is 32.8 Å². The number of rotatable bonds is 6. The molecule has 4 amide bonds. The molecule has 4 aromatic rings. The number of anilines is 2. The van der Waals surface area contributed by atoms with Gasteiger partial charge in [-0.3, -0.25) is 24.1 Å². The number of alkyl halides is 4. The minimum Gasteiger partial charge on any atom is -0.468 e. The Morgan fingerprint density at radius 2 is 1.09 bits per heavy atom. The molecule has 0 N–H and O–H groups in total. The van der Waals surface area contributed by atoms with Crippen molar-refractivity contribution in [3.8, 4) is 0 Å². The van der Waals surface area contributed by atoms with E-state index in [9.17, 15) is 9.59 Å². The molecular weight excluding hydrogens is 876 g/mol. The van der Waals surface area contributed by atoms with Crippen LogP contribution in [0.25, 0.3) is 0 Å². The van der Waals surface area contributed by atoms with Crippen LogP contribution in [0.15, 0.2) is 121 Å². The number of para-hydroxylation sites is 2. The molecule has 55 heavy (non-hydrogen) atoms. The Hall–Kier alpha value is -3.81. The fourth-order valence-corrected chi connectivity index (χ4v) is 12.6. The maximum Gasteiger partial charge on any atom is 0.328 e. The molecular formula is C42H35Cl3IN3O6. The summed E-state index contributed by atoms with van der Waals surface area (Å²) in [5.41, 5.74) is 0.573. The summed E-state index contributed by atoms with van der Waals surface area (Å²) in [7, 11) is 1.23. The average molecular weight is 911 g/mol. The summed E-state index contributed by atoms with van der Waals surface area (Å²) in [5.74, 6) is -8.42. The quantitative estimate of drug-likeness (QED) is 0.0874. The van der Waals surface area contributed by atoms with Crippen LogP contribution < -0.4 is 9.80 Å². The van der Waals surface area contributed by atoms with Gasteiger partial charge < -0.3 is 4.74 Å². The molecule has 0 aromatic heterocycles. The molecule has 9 nitrogen and oxygen atoms in total. The van der Waals surface area contributed by atoms with Crippen molar-refractivity contribution in [2.24, 2.45) is 29.6 Å². The Morgan fingerprint density at radius 1 is 0.673 bits per heavy atom. The number of nitrogens with zero attached hydrogens (tertiary/aromatic N) is 3. The van der Waals surface area contributed by atoms with Crippen LogP contribution in [-0.4, -0.2) is 68.5 Å². The van der Waals surface area contributed by atoms with E-state index in [1.54, 1.807) is 60.7 Å². The van der Waals surface area contributed by atoms with Gasteiger partial charge in [-0.1, -0.05) is 120 Å². The van der Waals surface area contributed by atoms with Gasteiger partial charge in [-0.05, 0) is 35.4 Å². The topological polar surface area (TPSA) is 104 Å². The zero-order valence-electron chi connectivity index (χ0n) is 29.3. The number of halogens is 4. The summed E-state index contributed by atoms with van der Waals surface area (Å²) in [5, 5.41) is -0.481. The number of ether oxygens (including phenoxy) is 1. The lowest BCUT2D eigenvalue weighted by Crippen LogP contribution is -2.67. The molecule has 13 heteroatoms. The molecule has 5 saturated heterocycles. The zero-order chi connectivity index (χ0) is 38.8. The van der Waals surface area contributed by atoms with Gasteiger partial charge >= 0.3 is 5.97 Å². The number of hydrogen-bond donors (Lipinski definition) is 0. The summed E-state index contributed by atoms with van der Waals surface area (Å²) in [4.78, 5) is 79.1. The molecule has 0 radical (unpaired) electrons. The molecule has 0 saturated carbocycles. The fourth-order valence-electron chi connectivity index (χ4n) is 10.4. The predicted molar refractivity (Wildman–Crippen MR) is 218 cm³/mol. The third-order valence-electron chi connectivity index (χ3n) is 12.1. The number of imide groups is 2. The molecule has 5 aliphatic rings. The molecule has 5 fully saturated rings. The highest BCUT2D eigenvalue weighted by Crippen LogP contribution is 2.70. The first-order chi connectivity index (χ1) is 26.7. The lowest BCUT2D eigenvalue weighted by molar-refractivity contribution is -0.163. The smallest absolute Gasteiger partial charge is 0.328 e. The highest BCUT2D eigenvalue weighted by Gasteiger charge is 2.86. The number of methoxy groups -OCH3 is 1. The van der Waals surface area contributed by atoms with Crippen molar-refractivity contribution in [2.75, 3.05) is 22.2 Å². The van der Waals surface area contributed by atoms with Crippen molar-refractivity contribution in [1.29, 1.82) is 0 Å². The molecule has 5 aliphatic heterocycles. The molecule has 9 rings (SSSR count). The molecule has 282 valence electrons. The largest absolute Gasteiger partial charge is 0.468 e. The molecule has 4 aromatic carbocycles. The number of carbonyl (C=O) groups excluding carboxylic acids is 5. The first kappa shape index (κ1) is 38.1. The van der Waals surface area contributed by atoms with Gasteiger partial charge in [0.05, 0.1) is 52.9 Å². The van der Waals surface area contributed by atoms with Crippen molar-refractivity contribution in [3.63, 3.8) is 0 Å². The van der Waals surface area contributed by atoms with Gasteiger partial charge in [0.1, 0.15) is 5.54 Å². The van der Waals surface area contributed by atoms with Crippen LogP contribution >= 0.6 is 57.4 Å². The van der Waals surface area contributed by atoms with Gasteiger partial charge in [-0.2, -0.15) is 0 Å². The van der Waals surface area contributed by atoms with Crippen molar-refractivity contribution in [3.05, 3.63) is 132 Å². The van der Waals surface area contributed by atoms with Gasteiger partial charge in [0.15, 0.2) is 0 Å². The van der Waals surface area contributed by atoms with Gasteiger partial charge in [0.25, 0.3) is 0 Å². The van der Waals surface area contributed by atoms with E-state index in [4.69, 9.17) is 39.5 Å². The summed E-state index contributed by atoms with van der Waals surface area (Å²) in [6.07, 6.45) is 0. The fraction of sp³-hybridized carbons (Fsp3) is 0.310. The lowest BCUT2D eigenvalue weighted by atomic mass is 9.64. The Kier molecular flexibility index (Phi) is 10.3. The molecule has 11 atom stereocenters. The number of hydrogen-bond acceptors (Lipinski definition) is 7. The highest BCUT2D eigenvalue weighted by atomic mass is 127. The van der Waals surface area contributed by atoms with Crippen LogP contribution in [0.4, 0.5) is 11.4 Å². The van der Waals surface area contributed by atoms with Crippen LogP contribution in [0.3, 0.4) is 0 Å². The second kappa shape index (κ2) is 14.9. The summed E-state index contributed by atoms with van der Waals surface area (Å²) >= 11 is 19.5. The monoisotopic (exact) mass is 909 g/mol. The standard InChI is InChI=1S/C41H33ClIN3O6.CH2Cl2/c1-52-40(51)41-30-28(36(47)44(38(30)49)24-18-10-4-11-19-24)34-27(32(42)23-16-8-3-9-17-23)26(22-14-6-2-7-15-22)33(43)35(46(34)41)29-31(41)39(50)45(37(29)48)25-20-12-5-13-21-25;2-1-3/h2-21,26-35H,1H3;1H2/t26-,27-,28+,29+,30+,31+,32-,33+,34+,35-,41-;/m0./s1. The first-order valence-electron chi connectivity index (χ1n) is 17.9. The maximum atomic E-state index is 15.1. The number of benzene rings is 4. The zero-order valence-corrected chi connectivity index (χ0v) is 33.8. The molecule has 0 aliphatic carbocycles. The maximum absolute atomic E-state index is 15.1. The Balaban J connectivity index is 0.00000138. The number of esters is 1. The van der Waals surface area contributed by atoms with E-state index >= 15 is 14.4 Å². The molecule has 5 heterocycles. The Morgan fingerprint density at radius 3 is 1.55 bits per heavy atom. The minimum absolute atomic E-state index is 0.194. The van der Waals surface area contributed by atoms with E-state index in [-0.39, 0.29) is 15.2 Å². The van der Waals surface area contributed by atoms with Gasteiger partial charge in [0, 0.05) is 27.8 Å². The third-order valence-corrected chi connectivity index (χ3v) is 14.2. The van der Waals surface area contributed by atoms with Gasteiger partial charge in [0.2, 0.25) is 23.6 Å². The van der Waals surface area contributed by atoms with Crippen LogP contribution in [-0.2, 0) is 28.7 Å². The summed E-state index contributed by atoms with van der Waals surface area (Å²) in [6.45, 7) is 0. The second-order valence-corrected chi connectivity index (χ2v) is 17.0. The van der Waals surface area contributed by atoms with Crippen LogP contribution in [0.2, 0.25) is 0 Å². The van der Waals surface area contributed by atoms with Crippen molar-refractivity contribution >= 4 is 98.4 Å². The van der Waals surface area contributed by atoms with Crippen molar-refractivity contribution < 1.29 is 28.7 Å². The van der Waals surface area contributed by atoms with E-state index in [1.807, 2.05) is 65.6 Å². The van der Waals surface area contributed by atoms with E-state index < -0.39 is 82.2 Å². The third kappa shape index (κ3) is 5.45. The van der Waals surface area contributed by atoms with E-state index in [1.165, 1.54) is 7.11 Å². The molecule has 0 unspecified atom stereocenters. The van der Waals surface area contributed by atoms with E-state index in [0.717, 1.165) is 20.9 Å². The minimum atomic E-state index is -1.96. The van der Waals surface area contributed by atoms with Crippen LogP contribution in [0, 0.1) is 29.6 Å². The second-order valence-electron chi connectivity index (χ2n) is 14.3. The molecule has 0 spiro atoms. The van der Waals surface area contributed by atoms with Crippen LogP contribution in [0.1, 0.15) is 22.4 Å². The van der Waals surface area contributed by atoms with E-state index in [0.29, 0.717) is 11.4 Å². The average Bonchev–Trinajstić information content (AvgIpc) is 3.87.